The molecule has 0 saturated heterocycles. The van der Waals surface area contributed by atoms with Crippen LogP contribution in [-0.2, 0) is 6.54 Å². The van der Waals surface area contributed by atoms with Gasteiger partial charge < -0.3 is 10.0 Å². The van der Waals surface area contributed by atoms with Gasteiger partial charge in [-0.25, -0.2) is 15.0 Å². The third-order valence-electron chi connectivity index (χ3n) is 5.36. The summed E-state index contributed by atoms with van der Waals surface area (Å²) in [5, 5.41) is 11.5. The lowest BCUT2D eigenvalue weighted by Gasteiger charge is -2.45. The minimum Gasteiger partial charge on any atom is -0.387 e. The zero-order valence-corrected chi connectivity index (χ0v) is 17.0. The molecule has 2 aromatic heterocycles. The smallest absolute Gasteiger partial charge is 0.255 e. The molecule has 0 spiro atoms. The van der Waals surface area contributed by atoms with Crippen molar-refractivity contribution in [3.8, 4) is 11.4 Å². The topological polar surface area (TPSA) is 84.1 Å². The number of hydrogen-bond acceptors (Lipinski definition) is 6. The fourth-order valence-electron chi connectivity index (χ4n) is 3.57. The van der Waals surface area contributed by atoms with Gasteiger partial charge in [0.15, 0.2) is 0 Å². The molecule has 1 aromatic carbocycles. The lowest BCUT2D eigenvalue weighted by atomic mass is 9.95. The number of aliphatic hydroxyl groups is 1. The number of anilines is 1. The van der Waals surface area contributed by atoms with E-state index in [1.54, 1.807) is 29.0 Å². The Labute approximate surface area is 173 Å². The van der Waals surface area contributed by atoms with Crippen LogP contribution in [0.1, 0.15) is 31.9 Å². The summed E-state index contributed by atoms with van der Waals surface area (Å²) >= 11 is 5.96. The summed E-state index contributed by atoms with van der Waals surface area (Å²) in [6.07, 6.45) is 3.06. The largest absolute Gasteiger partial charge is 0.387 e. The first kappa shape index (κ1) is 19.5. The SMILES string of the molecule is CC1(C)CCn2c(nc(-c3ccncn3)cc2=O)N1C[C@@H](O)c1ccc(Cl)cc1. The number of fused-ring (bicyclic) bond motifs is 1. The van der Waals surface area contributed by atoms with Crippen LogP contribution in [-0.4, -0.2) is 36.7 Å². The molecule has 0 aliphatic carbocycles. The minimum absolute atomic E-state index is 0.134. The number of nitrogens with zero attached hydrogens (tertiary/aromatic N) is 5. The van der Waals surface area contributed by atoms with E-state index in [1.807, 2.05) is 17.0 Å². The van der Waals surface area contributed by atoms with E-state index in [0.717, 1.165) is 12.0 Å². The number of β-amino-alcohol motifs (C(OH)–C–C–N with tert-alkyl or cyclic N) is 1. The molecule has 150 valence electrons. The van der Waals surface area contributed by atoms with Gasteiger partial charge in [-0.2, -0.15) is 0 Å². The van der Waals surface area contributed by atoms with Crippen LogP contribution in [0.25, 0.3) is 11.4 Å². The van der Waals surface area contributed by atoms with Crippen molar-refractivity contribution in [1.82, 2.24) is 19.5 Å². The highest BCUT2D eigenvalue weighted by molar-refractivity contribution is 6.30. The van der Waals surface area contributed by atoms with E-state index in [1.165, 1.54) is 12.4 Å². The van der Waals surface area contributed by atoms with E-state index >= 15 is 0 Å². The third-order valence-corrected chi connectivity index (χ3v) is 5.61. The third kappa shape index (κ3) is 3.88. The summed E-state index contributed by atoms with van der Waals surface area (Å²) < 4.78 is 1.66. The highest BCUT2D eigenvalue weighted by atomic mass is 35.5. The zero-order valence-electron chi connectivity index (χ0n) is 16.3. The molecule has 1 N–H and O–H groups in total. The lowest BCUT2D eigenvalue weighted by Crippen LogP contribution is -2.53. The van der Waals surface area contributed by atoms with Gasteiger partial charge in [0.25, 0.3) is 5.56 Å². The average Bonchev–Trinajstić information content (AvgIpc) is 2.71. The van der Waals surface area contributed by atoms with E-state index in [4.69, 9.17) is 16.6 Å². The minimum atomic E-state index is -0.752. The molecule has 29 heavy (non-hydrogen) atoms. The van der Waals surface area contributed by atoms with Crippen molar-refractivity contribution >= 4 is 17.5 Å². The normalized spacial score (nSPS) is 16.3. The van der Waals surface area contributed by atoms with Crippen LogP contribution in [0.5, 0.6) is 0 Å². The first-order chi connectivity index (χ1) is 13.8. The second-order valence-electron chi connectivity index (χ2n) is 7.77. The van der Waals surface area contributed by atoms with Crippen LogP contribution >= 0.6 is 11.6 Å². The van der Waals surface area contributed by atoms with Crippen LogP contribution in [0.2, 0.25) is 5.02 Å². The van der Waals surface area contributed by atoms with Gasteiger partial charge >= 0.3 is 0 Å². The molecule has 0 saturated carbocycles. The van der Waals surface area contributed by atoms with Gasteiger partial charge in [0.1, 0.15) is 6.33 Å². The molecule has 8 heteroatoms. The fraction of sp³-hybridized carbons (Fsp3) is 0.333. The monoisotopic (exact) mass is 411 g/mol. The van der Waals surface area contributed by atoms with Crippen LogP contribution < -0.4 is 10.5 Å². The van der Waals surface area contributed by atoms with Gasteiger partial charge in [-0.1, -0.05) is 23.7 Å². The molecule has 1 aliphatic rings. The molecule has 1 aliphatic heterocycles. The van der Waals surface area contributed by atoms with Gasteiger partial charge in [-0.15, -0.1) is 0 Å². The average molecular weight is 412 g/mol. The molecule has 1 atom stereocenters. The molecule has 7 nitrogen and oxygen atoms in total. The second kappa shape index (κ2) is 7.57. The maximum absolute atomic E-state index is 12.8. The summed E-state index contributed by atoms with van der Waals surface area (Å²) in [4.78, 5) is 27.7. The number of aliphatic hydroxyl groups excluding tert-OH is 1. The summed E-state index contributed by atoms with van der Waals surface area (Å²) in [5.41, 5.74) is 1.42. The number of aromatic nitrogens is 4. The Morgan fingerprint density at radius 1 is 1.21 bits per heavy atom. The molecular weight excluding hydrogens is 390 g/mol. The van der Waals surface area contributed by atoms with Crippen molar-refractivity contribution in [2.45, 2.75) is 38.5 Å². The first-order valence-electron chi connectivity index (χ1n) is 9.44. The van der Waals surface area contributed by atoms with Gasteiger partial charge in [0, 0.05) is 29.4 Å². The van der Waals surface area contributed by atoms with E-state index in [-0.39, 0.29) is 11.1 Å². The molecule has 0 radical (unpaired) electrons. The van der Waals surface area contributed by atoms with Crippen LogP contribution in [0.4, 0.5) is 5.95 Å². The summed E-state index contributed by atoms with van der Waals surface area (Å²) in [7, 11) is 0. The quantitative estimate of drug-likeness (QED) is 0.710. The van der Waals surface area contributed by atoms with E-state index in [9.17, 15) is 9.90 Å². The molecule has 4 rings (SSSR count). The van der Waals surface area contributed by atoms with Crippen molar-refractivity contribution in [2.75, 3.05) is 11.4 Å². The van der Waals surface area contributed by atoms with Crippen molar-refractivity contribution in [3.05, 3.63) is 69.9 Å². The second-order valence-corrected chi connectivity index (χ2v) is 8.20. The summed E-state index contributed by atoms with van der Waals surface area (Å²) in [6.45, 7) is 5.06. The van der Waals surface area contributed by atoms with Gasteiger partial charge in [0.05, 0.1) is 24.0 Å². The van der Waals surface area contributed by atoms with Crippen LogP contribution in [0.15, 0.2) is 53.7 Å². The molecule has 0 fully saturated rings. The van der Waals surface area contributed by atoms with E-state index < -0.39 is 6.10 Å². The predicted molar refractivity (Wildman–Crippen MR) is 112 cm³/mol. The fourth-order valence-corrected chi connectivity index (χ4v) is 3.69. The van der Waals surface area contributed by atoms with E-state index in [2.05, 4.69) is 23.8 Å². The highest BCUT2D eigenvalue weighted by Crippen LogP contribution is 2.33. The number of halogens is 1. The summed E-state index contributed by atoms with van der Waals surface area (Å²) in [5.74, 6) is 0.537. The highest BCUT2D eigenvalue weighted by Gasteiger charge is 2.36. The van der Waals surface area contributed by atoms with Gasteiger partial charge in [-0.05, 0) is 44.0 Å². The van der Waals surface area contributed by atoms with Gasteiger partial charge in [-0.3, -0.25) is 9.36 Å². The van der Waals surface area contributed by atoms with E-state index in [0.29, 0.717) is 35.4 Å². The Hall–Kier alpha value is -2.77. The maximum atomic E-state index is 12.8. The number of rotatable bonds is 4. The van der Waals surface area contributed by atoms with Crippen LogP contribution in [0.3, 0.4) is 0 Å². The molecule has 3 aromatic rings. The molecule has 0 amide bonds. The van der Waals surface area contributed by atoms with Crippen molar-refractivity contribution < 1.29 is 5.11 Å². The first-order valence-corrected chi connectivity index (χ1v) is 9.82. The number of hydrogen-bond donors (Lipinski definition) is 1. The van der Waals surface area contributed by atoms with Crippen LogP contribution in [0, 0.1) is 0 Å². The molecule has 0 bridgehead atoms. The van der Waals surface area contributed by atoms with Crippen molar-refractivity contribution in [3.63, 3.8) is 0 Å². The summed E-state index contributed by atoms with van der Waals surface area (Å²) in [6, 6.07) is 10.3. The molecule has 3 heterocycles. The van der Waals surface area contributed by atoms with Crippen molar-refractivity contribution in [2.24, 2.45) is 0 Å². The Balaban J connectivity index is 1.75. The Morgan fingerprint density at radius 3 is 2.66 bits per heavy atom. The van der Waals surface area contributed by atoms with Gasteiger partial charge in [0.2, 0.25) is 5.95 Å². The standard InChI is InChI=1S/C21H22ClN5O2/c1-21(2)8-10-26-19(29)11-17(16-7-9-23-13-24-16)25-20(26)27(21)12-18(28)14-3-5-15(22)6-4-14/h3-7,9,11,13,18,28H,8,10,12H2,1-2H3/t18-/m1/s1. The predicted octanol–water partition coefficient (Wildman–Crippen LogP) is 3.08. The maximum Gasteiger partial charge on any atom is 0.255 e. The zero-order chi connectivity index (χ0) is 20.6. The molecular formula is C21H22ClN5O2. The molecule has 0 unspecified atom stereocenters. The number of benzene rings is 1. The lowest BCUT2D eigenvalue weighted by molar-refractivity contribution is 0.169. The van der Waals surface area contributed by atoms with Crippen molar-refractivity contribution in [1.29, 1.82) is 0 Å². The Kier molecular flexibility index (Phi) is 5.10. The Morgan fingerprint density at radius 2 is 1.97 bits per heavy atom. The Bertz CT molecular complexity index is 1070.